The predicted molar refractivity (Wildman–Crippen MR) is 77.8 cm³/mol. The predicted octanol–water partition coefficient (Wildman–Crippen LogP) is 4.30. The summed E-state index contributed by atoms with van der Waals surface area (Å²) in [7, 11) is 1.73. The maximum Gasteiger partial charge on any atom is 0.416 e. The number of nitrogens with one attached hydrogen (secondary N) is 1. The van der Waals surface area contributed by atoms with E-state index in [1.165, 1.54) is 0 Å². The van der Waals surface area contributed by atoms with Crippen molar-refractivity contribution in [2.45, 2.75) is 25.8 Å². The van der Waals surface area contributed by atoms with Crippen molar-refractivity contribution < 1.29 is 31.1 Å². The Labute approximate surface area is 139 Å². The first-order chi connectivity index (χ1) is 11.4. The molecule has 0 aliphatic carbocycles. The zero-order valence-corrected chi connectivity index (χ0v) is 13.2. The fraction of sp³-hybridized carbons (Fsp3) is 0.312. The number of amides is 1. The normalized spacial score (nSPS) is 12.3. The number of benzene rings is 1. The molecule has 0 atom stereocenters. The minimum absolute atomic E-state index is 0.0165. The summed E-state index contributed by atoms with van der Waals surface area (Å²) in [6, 6.07) is 4.26. The highest BCUT2D eigenvalue weighted by atomic mass is 19.4. The van der Waals surface area contributed by atoms with Gasteiger partial charge in [0, 0.05) is 24.0 Å². The van der Waals surface area contributed by atoms with Gasteiger partial charge in [-0.2, -0.15) is 26.3 Å². The first kappa shape index (κ1) is 18.9. The third-order valence-corrected chi connectivity index (χ3v) is 3.76. The second kappa shape index (κ2) is 6.45. The third-order valence-electron chi connectivity index (χ3n) is 3.76. The van der Waals surface area contributed by atoms with E-state index >= 15 is 0 Å². The van der Waals surface area contributed by atoms with E-state index in [-0.39, 0.29) is 12.6 Å². The van der Waals surface area contributed by atoms with Crippen molar-refractivity contribution in [3.8, 4) is 0 Å². The Morgan fingerprint density at radius 1 is 1.00 bits per heavy atom. The number of alkyl halides is 6. The van der Waals surface area contributed by atoms with E-state index in [1.807, 2.05) is 6.92 Å². The number of nitrogens with zero attached hydrogens (tertiary/aromatic N) is 1. The summed E-state index contributed by atoms with van der Waals surface area (Å²) in [5.41, 5.74) is -2.20. The van der Waals surface area contributed by atoms with Gasteiger partial charge in [0.05, 0.1) is 17.7 Å². The fourth-order valence-corrected chi connectivity index (χ4v) is 2.20. The Kier molecular flexibility index (Phi) is 4.87. The Bertz CT molecular complexity index is 757. The van der Waals surface area contributed by atoms with Gasteiger partial charge in [0.15, 0.2) is 0 Å². The Morgan fingerprint density at radius 3 is 1.92 bits per heavy atom. The molecule has 0 aliphatic rings. The van der Waals surface area contributed by atoms with Crippen LogP contribution in [0.5, 0.6) is 0 Å². The molecule has 9 heteroatoms. The van der Waals surface area contributed by atoms with Gasteiger partial charge in [-0.3, -0.25) is 4.79 Å². The molecule has 1 heterocycles. The molecule has 1 aromatic heterocycles. The lowest BCUT2D eigenvalue weighted by Crippen LogP contribution is -2.25. The van der Waals surface area contributed by atoms with E-state index in [2.05, 4.69) is 5.32 Å². The molecule has 1 aromatic carbocycles. The molecule has 0 radical (unpaired) electrons. The highest BCUT2D eigenvalue weighted by Crippen LogP contribution is 2.36. The van der Waals surface area contributed by atoms with Gasteiger partial charge in [0.25, 0.3) is 5.91 Å². The van der Waals surface area contributed by atoms with Crippen LogP contribution in [0.1, 0.15) is 32.9 Å². The van der Waals surface area contributed by atoms with Gasteiger partial charge in [0.1, 0.15) is 0 Å². The average Bonchev–Trinajstić information content (AvgIpc) is 2.82. The Balaban J connectivity index is 2.30. The van der Waals surface area contributed by atoms with Gasteiger partial charge in [-0.05, 0) is 37.3 Å². The Hall–Kier alpha value is -2.45. The summed E-state index contributed by atoms with van der Waals surface area (Å²) in [5, 5.41) is 2.33. The summed E-state index contributed by atoms with van der Waals surface area (Å²) >= 11 is 0. The second-order valence-corrected chi connectivity index (χ2v) is 5.50. The van der Waals surface area contributed by atoms with Crippen molar-refractivity contribution in [1.82, 2.24) is 9.88 Å². The number of halogens is 6. The first-order valence-electron chi connectivity index (χ1n) is 7.08. The molecule has 0 spiro atoms. The summed E-state index contributed by atoms with van der Waals surface area (Å²) in [6.07, 6.45) is -9.99. The lowest BCUT2D eigenvalue weighted by atomic mass is 10.0. The summed E-state index contributed by atoms with van der Waals surface area (Å²) < 4.78 is 78.6. The number of aryl methyl sites for hydroxylation is 1. The topological polar surface area (TPSA) is 34.0 Å². The highest BCUT2D eigenvalue weighted by molar-refractivity contribution is 5.94. The molecule has 0 aliphatic heterocycles. The molecular formula is C16H14F6N2O. The van der Waals surface area contributed by atoms with Crippen molar-refractivity contribution in [2.75, 3.05) is 0 Å². The van der Waals surface area contributed by atoms with E-state index in [1.54, 1.807) is 23.7 Å². The van der Waals surface area contributed by atoms with Crippen LogP contribution in [0, 0.1) is 6.92 Å². The van der Waals surface area contributed by atoms with Crippen molar-refractivity contribution in [1.29, 1.82) is 0 Å². The van der Waals surface area contributed by atoms with Crippen LogP contribution in [0.25, 0.3) is 0 Å². The number of hydrogen-bond acceptors (Lipinski definition) is 1. The molecule has 0 bridgehead atoms. The molecule has 0 saturated heterocycles. The number of aromatic nitrogens is 1. The quantitative estimate of drug-likeness (QED) is 0.810. The van der Waals surface area contributed by atoms with E-state index in [4.69, 9.17) is 0 Å². The fourth-order valence-electron chi connectivity index (χ4n) is 2.20. The molecule has 25 heavy (non-hydrogen) atoms. The maximum atomic E-state index is 12.8. The molecule has 3 nitrogen and oxygen atoms in total. The standard InChI is InChI=1S/C16H14F6N2O/c1-9-3-4-13(24(9)2)8-23-14(25)10-5-11(15(17,18)19)7-12(6-10)16(20,21)22/h3-7H,8H2,1-2H3,(H,23,25). The average molecular weight is 364 g/mol. The smallest absolute Gasteiger partial charge is 0.350 e. The lowest BCUT2D eigenvalue weighted by molar-refractivity contribution is -0.143. The van der Waals surface area contributed by atoms with Crippen molar-refractivity contribution in [3.05, 3.63) is 58.4 Å². The molecule has 1 amide bonds. The molecule has 0 unspecified atom stereocenters. The van der Waals surface area contributed by atoms with Gasteiger partial charge < -0.3 is 9.88 Å². The minimum atomic E-state index is -4.99. The van der Waals surface area contributed by atoms with Crippen LogP contribution >= 0.6 is 0 Å². The van der Waals surface area contributed by atoms with Crippen LogP contribution < -0.4 is 5.32 Å². The number of hydrogen-bond donors (Lipinski definition) is 1. The molecule has 2 aromatic rings. The molecule has 2 rings (SSSR count). The largest absolute Gasteiger partial charge is 0.416 e. The van der Waals surface area contributed by atoms with Crippen LogP contribution in [0.4, 0.5) is 26.3 Å². The SMILES string of the molecule is Cc1ccc(CNC(=O)c2cc(C(F)(F)F)cc(C(F)(F)F)c2)n1C. The lowest BCUT2D eigenvalue weighted by Gasteiger charge is -2.14. The van der Waals surface area contributed by atoms with Gasteiger partial charge in [-0.15, -0.1) is 0 Å². The molecular weight excluding hydrogens is 350 g/mol. The van der Waals surface area contributed by atoms with E-state index in [9.17, 15) is 31.1 Å². The minimum Gasteiger partial charge on any atom is -0.350 e. The number of rotatable bonds is 3. The van der Waals surface area contributed by atoms with Gasteiger partial charge in [0.2, 0.25) is 0 Å². The van der Waals surface area contributed by atoms with Gasteiger partial charge in [-0.1, -0.05) is 0 Å². The van der Waals surface area contributed by atoms with E-state index < -0.39 is 35.0 Å². The maximum absolute atomic E-state index is 12.8. The first-order valence-corrected chi connectivity index (χ1v) is 7.08. The van der Waals surface area contributed by atoms with Crippen LogP contribution in [0.15, 0.2) is 30.3 Å². The zero-order chi connectivity index (χ0) is 19.0. The van der Waals surface area contributed by atoms with Gasteiger partial charge >= 0.3 is 12.4 Å². The van der Waals surface area contributed by atoms with E-state index in [0.717, 1.165) is 5.69 Å². The molecule has 1 N–H and O–H groups in total. The third kappa shape index (κ3) is 4.34. The molecule has 0 saturated carbocycles. The Morgan fingerprint density at radius 2 is 1.52 bits per heavy atom. The highest BCUT2D eigenvalue weighted by Gasteiger charge is 2.37. The van der Waals surface area contributed by atoms with Crippen LogP contribution in [0.2, 0.25) is 0 Å². The van der Waals surface area contributed by atoms with Crippen LogP contribution in [-0.4, -0.2) is 10.5 Å². The number of carbonyl (C=O) groups excluding carboxylic acids is 1. The molecule has 136 valence electrons. The number of carbonyl (C=O) groups is 1. The summed E-state index contributed by atoms with van der Waals surface area (Å²) in [4.78, 5) is 12.0. The van der Waals surface area contributed by atoms with Gasteiger partial charge in [-0.25, -0.2) is 0 Å². The van der Waals surface area contributed by atoms with Crippen LogP contribution in [0.3, 0.4) is 0 Å². The summed E-state index contributed by atoms with van der Waals surface area (Å²) in [6.45, 7) is 1.79. The monoisotopic (exact) mass is 364 g/mol. The van der Waals surface area contributed by atoms with Crippen molar-refractivity contribution in [2.24, 2.45) is 7.05 Å². The van der Waals surface area contributed by atoms with Crippen molar-refractivity contribution in [3.63, 3.8) is 0 Å². The van der Waals surface area contributed by atoms with Crippen molar-refractivity contribution >= 4 is 5.91 Å². The zero-order valence-electron chi connectivity index (χ0n) is 13.2. The second-order valence-electron chi connectivity index (χ2n) is 5.50. The summed E-state index contributed by atoms with van der Waals surface area (Å²) in [5.74, 6) is -1.02. The van der Waals surface area contributed by atoms with Crippen LogP contribution in [-0.2, 0) is 25.9 Å². The molecule has 0 fully saturated rings. The van der Waals surface area contributed by atoms with E-state index in [0.29, 0.717) is 17.8 Å².